The molecule has 0 bridgehead atoms. The summed E-state index contributed by atoms with van der Waals surface area (Å²) in [5.41, 5.74) is 2.18. The fraction of sp³-hybridized carbons (Fsp3) is 0.556. The molecule has 0 spiro atoms. The Kier molecular flexibility index (Phi) is 4.86. The molecule has 1 aliphatic heterocycles. The molecule has 0 radical (unpaired) electrons. The molecule has 1 aromatic carbocycles. The molecule has 2 aliphatic rings. The van der Waals surface area contributed by atoms with E-state index >= 15 is 0 Å². The van der Waals surface area contributed by atoms with Gasteiger partial charge in [0.25, 0.3) is 0 Å². The van der Waals surface area contributed by atoms with E-state index in [2.05, 4.69) is 5.32 Å². The highest BCUT2D eigenvalue weighted by atomic mass is 32.2. The van der Waals surface area contributed by atoms with Crippen LogP contribution in [-0.2, 0) is 26.0 Å². The number of hydrogen-bond donors (Lipinski definition) is 1. The van der Waals surface area contributed by atoms with Crippen LogP contribution in [0.4, 0.5) is 0 Å². The number of amides is 2. The Balaban J connectivity index is 1.51. The number of sulfone groups is 1. The van der Waals surface area contributed by atoms with Gasteiger partial charge in [0.2, 0.25) is 11.8 Å². The molecule has 0 aromatic heterocycles. The number of hydrogen-bond acceptors (Lipinski definition) is 4. The first-order valence-electron chi connectivity index (χ1n) is 8.58. The highest BCUT2D eigenvalue weighted by molar-refractivity contribution is 7.91. The fourth-order valence-electron chi connectivity index (χ4n) is 3.40. The minimum atomic E-state index is -3.03. The Hall–Kier alpha value is -1.89. The first-order valence-corrected chi connectivity index (χ1v) is 10.4. The lowest BCUT2D eigenvalue weighted by atomic mass is 10.1. The van der Waals surface area contributed by atoms with Crippen molar-refractivity contribution >= 4 is 21.7 Å². The highest BCUT2D eigenvalue weighted by Crippen LogP contribution is 2.40. The molecule has 3 atom stereocenters. The first-order chi connectivity index (χ1) is 11.8. The summed E-state index contributed by atoms with van der Waals surface area (Å²) >= 11 is 0. The number of rotatable bonds is 5. The summed E-state index contributed by atoms with van der Waals surface area (Å²) in [7, 11) is -1.38. The third-order valence-corrected chi connectivity index (χ3v) is 7.01. The average Bonchev–Trinajstić information content (AvgIpc) is 3.29. The van der Waals surface area contributed by atoms with Crippen LogP contribution in [0.5, 0.6) is 0 Å². The molecular weight excluding hydrogens is 340 g/mol. The number of nitrogens with one attached hydrogen (secondary N) is 1. The van der Waals surface area contributed by atoms with Crippen molar-refractivity contribution in [1.82, 2.24) is 10.2 Å². The fourth-order valence-corrected chi connectivity index (χ4v) is 5.18. The molecule has 3 rings (SSSR count). The van der Waals surface area contributed by atoms with Gasteiger partial charge in [-0.2, -0.15) is 0 Å². The largest absolute Gasteiger partial charge is 0.352 e. The molecule has 6 nitrogen and oxygen atoms in total. The smallest absolute Gasteiger partial charge is 0.226 e. The molecule has 1 N–H and O–H groups in total. The van der Waals surface area contributed by atoms with Gasteiger partial charge in [0.15, 0.2) is 9.84 Å². The Bertz CT molecular complexity index is 790. The van der Waals surface area contributed by atoms with Gasteiger partial charge >= 0.3 is 0 Å². The molecule has 1 aromatic rings. The molecule has 1 saturated heterocycles. The van der Waals surface area contributed by atoms with Gasteiger partial charge < -0.3 is 10.2 Å². The molecule has 1 saturated carbocycles. The molecule has 3 unspecified atom stereocenters. The molecule has 2 fully saturated rings. The normalized spacial score (nSPS) is 26.9. The Labute approximate surface area is 148 Å². The van der Waals surface area contributed by atoms with E-state index in [-0.39, 0.29) is 41.2 Å². The summed E-state index contributed by atoms with van der Waals surface area (Å²) in [6.07, 6.45) is 1.03. The van der Waals surface area contributed by atoms with Crippen LogP contribution in [0.15, 0.2) is 24.3 Å². The minimum absolute atomic E-state index is 0.0338. The van der Waals surface area contributed by atoms with Gasteiger partial charge in [0.1, 0.15) is 0 Å². The second-order valence-electron chi connectivity index (χ2n) is 7.10. The third kappa shape index (κ3) is 4.03. The van der Waals surface area contributed by atoms with Crippen LogP contribution < -0.4 is 5.32 Å². The monoisotopic (exact) mass is 364 g/mol. The third-order valence-electron chi connectivity index (χ3n) is 5.26. The zero-order valence-corrected chi connectivity index (χ0v) is 15.4. The maximum Gasteiger partial charge on any atom is 0.226 e. The van der Waals surface area contributed by atoms with Gasteiger partial charge in [0.05, 0.1) is 23.3 Å². The standard InChI is InChI=1S/C18H24N2O4S/c1-12-5-3-4-6-13(12)10-19-17(21)15-9-16(15)18(22)20(2)14-7-8-25(23,24)11-14/h3-6,14-16H,7-11H2,1-2H3,(H,19,21). The molecule has 25 heavy (non-hydrogen) atoms. The van der Waals surface area contributed by atoms with Crippen LogP contribution >= 0.6 is 0 Å². The Morgan fingerprint density at radius 2 is 1.96 bits per heavy atom. The van der Waals surface area contributed by atoms with E-state index in [4.69, 9.17) is 0 Å². The van der Waals surface area contributed by atoms with Gasteiger partial charge in [0, 0.05) is 19.6 Å². The van der Waals surface area contributed by atoms with Crippen molar-refractivity contribution in [2.75, 3.05) is 18.6 Å². The number of aryl methyl sites for hydroxylation is 1. The molecule has 7 heteroatoms. The molecule has 136 valence electrons. The van der Waals surface area contributed by atoms with Crippen molar-refractivity contribution < 1.29 is 18.0 Å². The van der Waals surface area contributed by atoms with E-state index in [0.717, 1.165) is 11.1 Å². The lowest BCUT2D eigenvalue weighted by molar-refractivity contribution is -0.135. The predicted molar refractivity (Wildman–Crippen MR) is 94.5 cm³/mol. The number of benzene rings is 1. The van der Waals surface area contributed by atoms with Crippen LogP contribution in [0.25, 0.3) is 0 Å². The number of nitrogens with zero attached hydrogens (tertiary/aromatic N) is 1. The van der Waals surface area contributed by atoms with Gasteiger partial charge in [-0.3, -0.25) is 9.59 Å². The zero-order valence-electron chi connectivity index (χ0n) is 14.6. The first kappa shape index (κ1) is 17.9. The lowest BCUT2D eigenvalue weighted by Crippen LogP contribution is -2.39. The predicted octanol–water partition coefficient (Wildman–Crippen LogP) is 0.893. The van der Waals surface area contributed by atoms with Crippen LogP contribution in [0.2, 0.25) is 0 Å². The van der Waals surface area contributed by atoms with Crippen molar-refractivity contribution in [2.24, 2.45) is 11.8 Å². The lowest BCUT2D eigenvalue weighted by Gasteiger charge is -2.23. The van der Waals surface area contributed by atoms with Gasteiger partial charge in [-0.25, -0.2) is 8.42 Å². The molecule has 2 amide bonds. The number of carbonyl (C=O) groups excluding carboxylic acids is 2. The van der Waals surface area contributed by atoms with Crippen LogP contribution in [-0.4, -0.2) is 49.7 Å². The summed E-state index contributed by atoms with van der Waals surface area (Å²) in [5.74, 6) is -0.652. The van der Waals surface area contributed by atoms with Crippen molar-refractivity contribution in [3.05, 3.63) is 35.4 Å². The Morgan fingerprint density at radius 1 is 1.24 bits per heavy atom. The minimum Gasteiger partial charge on any atom is -0.352 e. The van der Waals surface area contributed by atoms with E-state index in [0.29, 0.717) is 19.4 Å². The summed E-state index contributed by atoms with van der Waals surface area (Å²) in [6, 6.07) is 7.60. The topological polar surface area (TPSA) is 83.6 Å². The number of carbonyl (C=O) groups is 2. The van der Waals surface area contributed by atoms with Gasteiger partial charge in [-0.1, -0.05) is 24.3 Å². The van der Waals surface area contributed by atoms with E-state index < -0.39 is 9.84 Å². The van der Waals surface area contributed by atoms with E-state index in [9.17, 15) is 18.0 Å². The van der Waals surface area contributed by atoms with Crippen LogP contribution in [0.1, 0.15) is 24.0 Å². The van der Waals surface area contributed by atoms with Gasteiger partial charge in [-0.05, 0) is 30.9 Å². The van der Waals surface area contributed by atoms with Crippen molar-refractivity contribution in [2.45, 2.75) is 32.4 Å². The van der Waals surface area contributed by atoms with Gasteiger partial charge in [-0.15, -0.1) is 0 Å². The van der Waals surface area contributed by atoms with Crippen LogP contribution in [0, 0.1) is 18.8 Å². The summed E-state index contributed by atoms with van der Waals surface area (Å²) < 4.78 is 23.1. The second-order valence-corrected chi connectivity index (χ2v) is 9.33. The second kappa shape index (κ2) is 6.78. The maximum absolute atomic E-state index is 12.5. The Morgan fingerprint density at radius 3 is 2.60 bits per heavy atom. The zero-order chi connectivity index (χ0) is 18.2. The van der Waals surface area contributed by atoms with Crippen molar-refractivity contribution in [3.8, 4) is 0 Å². The van der Waals surface area contributed by atoms with E-state index in [1.807, 2.05) is 31.2 Å². The summed E-state index contributed by atoms with van der Waals surface area (Å²) in [4.78, 5) is 26.3. The van der Waals surface area contributed by atoms with Crippen LogP contribution in [0.3, 0.4) is 0 Å². The summed E-state index contributed by atoms with van der Waals surface area (Å²) in [5, 5.41) is 2.90. The SMILES string of the molecule is Cc1ccccc1CNC(=O)C1CC1C(=O)N(C)C1CCS(=O)(=O)C1. The summed E-state index contributed by atoms with van der Waals surface area (Å²) in [6.45, 7) is 2.45. The quantitative estimate of drug-likeness (QED) is 0.841. The highest BCUT2D eigenvalue weighted by Gasteiger charge is 2.50. The molecule has 1 heterocycles. The maximum atomic E-state index is 12.5. The van der Waals surface area contributed by atoms with Crippen molar-refractivity contribution in [3.63, 3.8) is 0 Å². The molecule has 1 aliphatic carbocycles. The molecular formula is C18H24N2O4S. The average molecular weight is 364 g/mol. The van der Waals surface area contributed by atoms with Crippen molar-refractivity contribution in [1.29, 1.82) is 0 Å². The van der Waals surface area contributed by atoms with E-state index in [1.54, 1.807) is 7.05 Å². The van der Waals surface area contributed by atoms with E-state index in [1.165, 1.54) is 4.90 Å².